The van der Waals surface area contributed by atoms with E-state index in [4.69, 9.17) is 5.11 Å². The number of nitrogens with zero attached hydrogens (tertiary/aromatic N) is 3. The lowest BCUT2D eigenvalue weighted by Crippen LogP contribution is -2.24. The van der Waals surface area contributed by atoms with Gasteiger partial charge in [-0.3, -0.25) is 0 Å². The van der Waals surface area contributed by atoms with Crippen LogP contribution in [0.3, 0.4) is 0 Å². The Bertz CT molecular complexity index is 564. The molecular weight excluding hydrogens is 263 g/mol. The first kappa shape index (κ1) is 13.5. The summed E-state index contributed by atoms with van der Waals surface area (Å²) in [7, 11) is 0. The van der Waals surface area contributed by atoms with E-state index < -0.39 is 12.0 Å². The molecule has 1 atom stereocenters. The number of hydrogen-bond acceptors (Lipinski definition) is 5. The van der Waals surface area contributed by atoms with Crippen LogP contribution in [0.25, 0.3) is 11.2 Å². The predicted octanol–water partition coefficient (Wildman–Crippen LogP) is 1.55. The van der Waals surface area contributed by atoms with Gasteiger partial charge in [-0.2, -0.15) is 13.2 Å². The van der Waals surface area contributed by atoms with E-state index in [2.05, 4.69) is 25.3 Å². The van der Waals surface area contributed by atoms with Gasteiger partial charge in [0.15, 0.2) is 11.5 Å². The van der Waals surface area contributed by atoms with Crippen molar-refractivity contribution in [2.45, 2.75) is 25.6 Å². The van der Waals surface area contributed by atoms with Crippen molar-refractivity contribution >= 4 is 17.0 Å². The number of aromatic amines is 1. The van der Waals surface area contributed by atoms with Crippen molar-refractivity contribution in [1.82, 2.24) is 19.9 Å². The summed E-state index contributed by atoms with van der Waals surface area (Å²) >= 11 is 0. The van der Waals surface area contributed by atoms with E-state index in [9.17, 15) is 13.2 Å². The highest BCUT2D eigenvalue weighted by atomic mass is 19.4. The molecule has 0 aromatic carbocycles. The van der Waals surface area contributed by atoms with Gasteiger partial charge < -0.3 is 15.4 Å². The summed E-state index contributed by atoms with van der Waals surface area (Å²) in [5, 5.41) is 11.8. The Kier molecular flexibility index (Phi) is 3.56. The molecule has 0 amide bonds. The number of fused-ring (bicyclic) bond motifs is 1. The molecule has 0 saturated heterocycles. The average molecular weight is 275 g/mol. The van der Waals surface area contributed by atoms with Crippen molar-refractivity contribution in [3.05, 3.63) is 12.2 Å². The largest absolute Gasteiger partial charge is 0.451 e. The predicted molar refractivity (Wildman–Crippen MR) is 61.5 cm³/mol. The fraction of sp³-hybridized carbons (Fsp3) is 0.500. The molecule has 2 aromatic heterocycles. The lowest BCUT2D eigenvalue weighted by Gasteiger charge is -2.16. The smallest absolute Gasteiger partial charge is 0.394 e. The first-order chi connectivity index (χ1) is 8.95. The molecule has 2 heterocycles. The molecule has 9 heteroatoms. The third-order valence-electron chi connectivity index (χ3n) is 2.59. The van der Waals surface area contributed by atoms with Crippen molar-refractivity contribution in [2.75, 3.05) is 11.9 Å². The molecule has 2 rings (SSSR count). The van der Waals surface area contributed by atoms with Crippen LogP contribution in [0.1, 0.15) is 19.2 Å². The van der Waals surface area contributed by atoms with E-state index in [0.29, 0.717) is 6.42 Å². The zero-order valence-corrected chi connectivity index (χ0v) is 9.99. The standard InChI is InChI=1S/C10H12F3N5O/c1-2-5(3-19)16-8-6-7(15-4-14-6)17-9(18-8)10(11,12)13/h4-5,19H,2-3H2,1H3,(H2,14,15,16,17,18). The van der Waals surface area contributed by atoms with Gasteiger partial charge in [-0.1, -0.05) is 6.92 Å². The maximum atomic E-state index is 12.7. The molecule has 3 N–H and O–H groups in total. The van der Waals surface area contributed by atoms with Gasteiger partial charge >= 0.3 is 6.18 Å². The Morgan fingerprint density at radius 3 is 2.74 bits per heavy atom. The van der Waals surface area contributed by atoms with Gasteiger partial charge in [0.05, 0.1) is 19.0 Å². The molecule has 0 aliphatic rings. The number of aliphatic hydroxyl groups is 1. The Balaban J connectivity index is 2.48. The summed E-state index contributed by atoms with van der Waals surface area (Å²) in [6.07, 6.45) is -2.87. The second kappa shape index (κ2) is 5.00. The second-order valence-corrected chi connectivity index (χ2v) is 3.93. The summed E-state index contributed by atoms with van der Waals surface area (Å²) < 4.78 is 38.0. The molecule has 0 saturated carbocycles. The molecule has 0 aliphatic heterocycles. The summed E-state index contributed by atoms with van der Waals surface area (Å²) in [4.78, 5) is 13.2. The number of aliphatic hydroxyl groups excluding tert-OH is 1. The van der Waals surface area contributed by atoms with Gasteiger partial charge in [-0.25, -0.2) is 15.0 Å². The van der Waals surface area contributed by atoms with Crippen LogP contribution < -0.4 is 5.32 Å². The van der Waals surface area contributed by atoms with Gasteiger partial charge in [0.1, 0.15) is 5.52 Å². The zero-order valence-electron chi connectivity index (χ0n) is 9.99. The zero-order chi connectivity index (χ0) is 14.0. The molecule has 104 valence electrons. The SMILES string of the molecule is CCC(CO)Nc1nc(C(F)(F)F)nc2nc[nH]c12. The highest BCUT2D eigenvalue weighted by Gasteiger charge is 2.36. The first-order valence-electron chi connectivity index (χ1n) is 5.61. The van der Waals surface area contributed by atoms with Gasteiger partial charge in [0, 0.05) is 0 Å². The number of imidazole rings is 1. The monoisotopic (exact) mass is 275 g/mol. The van der Waals surface area contributed by atoms with Crippen LogP contribution in [0.5, 0.6) is 0 Å². The summed E-state index contributed by atoms with van der Waals surface area (Å²) in [5.41, 5.74) is 0.206. The minimum atomic E-state index is -4.65. The summed E-state index contributed by atoms with van der Waals surface area (Å²) in [5.74, 6) is -1.28. The van der Waals surface area contributed by atoms with Crippen molar-refractivity contribution in [1.29, 1.82) is 0 Å². The van der Waals surface area contributed by atoms with Crippen LogP contribution >= 0.6 is 0 Å². The number of anilines is 1. The van der Waals surface area contributed by atoms with Crippen LogP contribution in [0.4, 0.5) is 19.0 Å². The lowest BCUT2D eigenvalue weighted by atomic mass is 10.2. The number of rotatable bonds is 4. The molecule has 6 nitrogen and oxygen atoms in total. The van der Waals surface area contributed by atoms with Crippen molar-refractivity contribution in [2.24, 2.45) is 0 Å². The third-order valence-corrected chi connectivity index (χ3v) is 2.59. The molecule has 1 unspecified atom stereocenters. The topological polar surface area (TPSA) is 86.7 Å². The average Bonchev–Trinajstić information content (AvgIpc) is 2.82. The van der Waals surface area contributed by atoms with E-state index in [1.54, 1.807) is 6.92 Å². The van der Waals surface area contributed by atoms with Crippen molar-refractivity contribution in [3.8, 4) is 0 Å². The van der Waals surface area contributed by atoms with Gasteiger partial charge in [0.25, 0.3) is 0 Å². The second-order valence-electron chi connectivity index (χ2n) is 3.93. The quantitative estimate of drug-likeness (QED) is 0.788. The summed E-state index contributed by atoms with van der Waals surface area (Å²) in [6, 6.07) is -0.387. The molecule has 19 heavy (non-hydrogen) atoms. The van der Waals surface area contributed by atoms with Gasteiger partial charge in [0.2, 0.25) is 5.82 Å². The van der Waals surface area contributed by atoms with Crippen LogP contribution in [-0.4, -0.2) is 37.7 Å². The molecule has 0 aliphatic carbocycles. The minimum absolute atomic E-state index is 0.0178. The highest BCUT2D eigenvalue weighted by Crippen LogP contribution is 2.29. The van der Waals surface area contributed by atoms with E-state index in [1.165, 1.54) is 6.33 Å². The van der Waals surface area contributed by atoms with E-state index >= 15 is 0 Å². The van der Waals surface area contributed by atoms with Gasteiger partial charge in [-0.15, -0.1) is 0 Å². The fourth-order valence-corrected chi connectivity index (χ4v) is 1.53. The Hall–Kier alpha value is -1.90. The van der Waals surface area contributed by atoms with Gasteiger partial charge in [-0.05, 0) is 6.42 Å². The lowest BCUT2D eigenvalue weighted by molar-refractivity contribution is -0.144. The van der Waals surface area contributed by atoms with Crippen molar-refractivity contribution in [3.63, 3.8) is 0 Å². The fourth-order valence-electron chi connectivity index (χ4n) is 1.53. The van der Waals surface area contributed by atoms with E-state index in [0.717, 1.165) is 0 Å². The number of alkyl halides is 3. The molecular formula is C10H12F3N5O. The molecule has 0 bridgehead atoms. The number of halogens is 3. The van der Waals surface area contributed by atoms with E-state index in [-0.39, 0.29) is 29.6 Å². The Morgan fingerprint density at radius 2 is 2.16 bits per heavy atom. The maximum absolute atomic E-state index is 12.7. The number of H-pyrrole nitrogens is 1. The summed E-state index contributed by atoms with van der Waals surface area (Å²) in [6.45, 7) is 1.58. The van der Waals surface area contributed by atoms with Crippen molar-refractivity contribution < 1.29 is 18.3 Å². The van der Waals surface area contributed by atoms with Crippen LogP contribution in [0, 0.1) is 0 Å². The van der Waals surface area contributed by atoms with Crippen LogP contribution in [-0.2, 0) is 6.18 Å². The van der Waals surface area contributed by atoms with E-state index in [1.807, 2.05) is 0 Å². The minimum Gasteiger partial charge on any atom is -0.394 e. The highest BCUT2D eigenvalue weighted by molar-refractivity contribution is 5.82. The third kappa shape index (κ3) is 2.75. The maximum Gasteiger partial charge on any atom is 0.451 e. The molecule has 2 aromatic rings. The normalized spacial score (nSPS) is 13.7. The number of nitrogens with one attached hydrogen (secondary N) is 2. The molecule has 0 fully saturated rings. The van der Waals surface area contributed by atoms with Crippen LogP contribution in [0.2, 0.25) is 0 Å². The Labute approximate surface area is 106 Å². The number of hydrogen-bond donors (Lipinski definition) is 3. The molecule has 0 radical (unpaired) electrons. The Morgan fingerprint density at radius 1 is 1.42 bits per heavy atom. The molecule has 0 spiro atoms. The first-order valence-corrected chi connectivity index (χ1v) is 5.61. The van der Waals surface area contributed by atoms with Crippen LogP contribution in [0.15, 0.2) is 6.33 Å². The number of aromatic nitrogens is 4.